The molecule has 1 aromatic rings. The summed E-state index contributed by atoms with van der Waals surface area (Å²) in [6, 6.07) is 5.27. The van der Waals surface area contributed by atoms with Gasteiger partial charge in [0, 0.05) is 5.56 Å². The van der Waals surface area contributed by atoms with Crippen LogP contribution < -0.4 is 0 Å². The highest BCUT2D eigenvalue weighted by molar-refractivity contribution is 6.61. The van der Waals surface area contributed by atoms with Crippen LogP contribution in [0.25, 0.3) is 0 Å². The molecule has 0 saturated carbocycles. The molecule has 0 aromatic heterocycles. The lowest BCUT2D eigenvalue weighted by Gasteiger charge is -2.23. The van der Waals surface area contributed by atoms with E-state index in [-0.39, 0.29) is 0 Å². The molecule has 0 saturated heterocycles. The van der Waals surface area contributed by atoms with Gasteiger partial charge in [0.05, 0.1) is 6.42 Å². The van der Waals surface area contributed by atoms with E-state index in [1.165, 1.54) is 6.07 Å². The highest BCUT2D eigenvalue weighted by Gasteiger charge is 2.67. The molecule has 0 spiro atoms. The average molecular weight is 276 g/mol. The summed E-state index contributed by atoms with van der Waals surface area (Å²) in [5, 5.41) is 0. The van der Waals surface area contributed by atoms with E-state index in [4.69, 9.17) is 0 Å². The predicted molar refractivity (Wildman–Crippen MR) is 49.0 cm³/mol. The number of halogens is 7. The first-order chi connectivity index (χ1) is 7.56. The molecule has 0 heterocycles. The van der Waals surface area contributed by atoms with Gasteiger partial charge in [0.1, 0.15) is 0 Å². The smallest absolute Gasteiger partial charge is 0.234 e. The summed E-state index contributed by atoms with van der Waals surface area (Å²) in [7, 11) is -7.44. The zero-order valence-corrected chi connectivity index (χ0v) is 9.24. The molecule has 0 fully saturated rings. The zero-order chi connectivity index (χ0) is 13.3. The van der Waals surface area contributed by atoms with Crippen molar-refractivity contribution in [3.63, 3.8) is 0 Å². The van der Waals surface area contributed by atoms with Gasteiger partial charge in [-0.2, -0.15) is 0 Å². The van der Waals surface area contributed by atoms with Crippen LogP contribution in [-0.2, 0) is 5.92 Å². The van der Waals surface area contributed by atoms with Crippen LogP contribution in [0, 0.1) is 0 Å². The lowest BCUT2D eigenvalue weighted by Crippen LogP contribution is -2.45. The Kier molecular flexibility index (Phi) is 3.56. The SMILES string of the molecule is FC(F)(CC(F)(F)[Si](F)(F)F)c1ccccc1. The maximum absolute atomic E-state index is 13.2. The van der Waals surface area contributed by atoms with Gasteiger partial charge in [0.25, 0.3) is 5.92 Å². The molecule has 0 bridgehead atoms. The first-order valence-electron chi connectivity index (χ1n) is 4.44. The Bertz CT molecular complexity index is 371. The standard InChI is InChI=1S/C9H7F7Si/c10-8(11,7-4-2-1-3-5-7)6-9(12,13)17(14,15)16/h1-5H,6H2. The quantitative estimate of drug-likeness (QED) is 0.439. The molecule has 0 radical (unpaired) electrons. The number of benzene rings is 1. The molecule has 0 aliphatic heterocycles. The van der Waals surface area contributed by atoms with Crippen molar-refractivity contribution in [2.45, 2.75) is 17.9 Å². The van der Waals surface area contributed by atoms with Gasteiger partial charge < -0.3 is 0 Å². The third-order valence-electron chi connectivity index (χ3n) is 2.05. The molecular formula is C9H7F7Si. The van der Waals surface area contributed by atoms with Gasteiger partial charge >= 0.3 is 14.6 Å². The lowest BCUT2D eigenvalue weighted by molar-refractivity contribution is -0.0930. The Hall–Kier alpha value is -1.05. The summed E-state index contributed by atoms with van der Waals surface area (Å²) in [5.74, 6) is -4.20. The molecule has 0 amide bonds. The average Bonchev–Trinajstić information content (AvgIpc) is 2.15. The van der Waals surface area contributed by atoms with Crippen molar-refractivity contribution >= 4 is 9.08 Å². The van der Waals surface area contributed by atoms with Crippen LogP contribution in [0.15, 0.2) is 30.3 Å². The van der Waals surface area contributed by atoms with Crippen molar-refractivity contribution in [1.29, 1.82) is 0 Å². The molecule has 0 aliphatic carbocycles. The summed E-state index contributed by atoms with van der Waals surface area (Å²) >= 11 is 0. The summed E-state index contributed by atoms with van der Waals surface area (Å²) in [5.41, 5.74) is -6.13. The van der Waals surface area contributed by atoms with Gasteiger partial charge in [-0.3, -0.25) is 0 Å². The Morgan fingerprint density at radius 1 is 0.882 bits per heavy atom. The van der Waals surface area contributed by atoms with Crippen LogP contribution in [0.5, 0.6) is 0 Å². The summed E-state index contributed by atoms with van der Waals surface area (Å²) in [6.45, 7) is 0. The fourth-order valence-electron chi connectivity index (χ4n) is 1.16. The molecule has 0 aliphatic rings. The molecule has 0 atom stereocenters. The Balaban J connectivity index is 2.95. The molecule has 0 nitrogen and oxygen atoms in total. The van der Waals surface area contributed by atoms with E-state index >= 15 is 0 Å². The number of hydrogen-bond acceptors (Lipinski definition) is 0. The second kappa shape index (κ2) is 4.32. The van der Waals surface area contributed by atoms with E-state index in [1.54, 1.807) is 0 Å². The van der Waals surface area contributed by atoms with E-state index in [2.05, 4.69) is 0 Å². The molecule has 8 heteroatoms. The molecule has 1 aromatic carbocycles. The topological polar surface area (TPSA) is 0 Å². The number of alkyl halides is 4. The van der Waals surface area contributed by atoms with Crippen molar-refractivity contribution in [2.24, 2.45) is 0 Å². The minimum Gasteiger partial charge on any atom is -0.234 e. The number of rotatable bonds is 4. The first kappa shape index (κ1) is 14.0. The summed E-state index contributed by atoms with van der Waals surface area (Å²) in [4.78, 5) is 0. The minimum absolute atomic E-state index is 0.814. The molecule has 0 N–H and O–H groups in total. The lowest BCUT2D eigenvalue weighted by atomic mass is 10.1. The van der Waals surface area contributed by atoms with Crippen LogP contribution in [0.3, 0.4) is 0 Å². The molecule has 17 heavy (non-hydrogen) atoms. The maximum Gasteiger partial charge on any atom is 0.690 e. The Morgan fingerprint density at radius 3 is 1.76 bits per heavy atom. The highest BCUT2D eigenvalue weighted by Crippen LogP contribution is 2.43. The molecule has 96 valence electrons. The van der Waals surface area contributed by atoms with Crippen molar-refractivity contribution in [3.8, 4) is 0 Å². The van der Waals surface area contributed by atoms with E-state index in [9.17, 15) is 29.9 Å². The summed E-state index contributed by atoms with van der Waals surface area (Å²) in [6.07, 6.45) is -2.53. The van der Waals surface area contributed by atoms with E-state index in [1.807, 2.05) is 0 Å². The van der Waals surface area contributed by atoms with Crippen molar-refractivity contribution in [3.05, 3.63) is 35.9 Å². The maximum atomic E-state index is 13.2. The largest absolute Gasteiger partial charge is 0.690 e. The van der Waals surface area contributed by atoms with Crippen molar-refractivity contribution in [1.82, 2.24) is 0 Å². The van der Waals surface area contributed by atoms with Crippen LogP contribution in [0.4, 0.5) is 29.9 Å². The highest BCUT2D eigenvalue weighted by atomic mass is 28.5. The third kappa shape index (κ3) is 3.21. The van der Waals surface area contributed by atoms with Gasteiger partial charge in [0.15, 0.2) is 0 Å². The Labute approximate surface area is 93.6 Å². The van der Waals surface area contributed by atoms with Gasteiger partial charge in [-0.05, 0) is 0 Å². The molecule has 1 rings (SSSR count). The molecule has 0 unspecified atom stereocenters. The van der Waals surface area contributed by atoms with Crippen molar-refractivity contribution in [2.75, 3.05) is 0 Å². The second-order valence-electron chi connectivity index (χ2n) is 3.45. The minimum atomic E-state index is -7.44. The summed E-state index contributed by atoms with van der Waals surface area (Å²) < 4.78 is 87.4. The third-order valence-corrected chi connectivity index (χ3v) is 3.06. The van der Waals surface area contributed by atoms with E-state index in [0.717, 1.165) is 24.3 Å². The first-order valence-corrected chi connectivity index (χ1v) is 6.07. The number of hydrogen-bond donors (Lipinski definition) is 0. The van der Waals surface area contributed by atoms with Crippen LogP contribution in [0.1, 0.15) is 12.0 Å². The van der Waals surface area contributed by atoms with Gasteiger partial charge in [0.2, 0.25) is 0 Å². The fourth-order valence-corrected chi connectivity index (χ4v) is 1.59. The molecular weight excluding hydrogens is 269 g/mol. The monoisotopic (exact) mass is 276 g/mol. The normalized spacial score (nSPS) is 13.8. The van der Waals surface area contributed by atoms with Gasteiger partial charge in [-0.1, -0.05) is 30.3 Å². The van der Waals surface area contributed by atoms with E-state index in [0.29, 0.717) is 0 Å². The Morgan fingerprint density at radius 2 is 1.35 bits per heavy atom. The van der Waals surface area contributed by atoms with E-state index < -0.39 is 32.5 Å². The van der Waals surface area contributed by atoms with Gasteiger partial charge in [-0.25, -0.2) is 29.9 Å². The zero-order valence-electron chi connectivity index (χ0n) is 8.24. The predicted octanol–water partition coefficient (Wildman–Crippen LogP) is 4.19. The second-order valence-corrected chi connectivity index (χ2v) is 5.18. The van der Waals surface area contributed by atoms with Crippen LogP contribution >= 0.6 is 0 Å². The van der Waals surface area contributed by atoms with Crippen LogP contribution in [-0.4, -0.2) is 14.6 Å². The van der Waals surface area contributed by atoms with Gasteiger partial charge in [-0.15, -0.1) is 0 Å². The fraction of sp³-hybridized carbons (Fsp3) is 0.333. The van der Waals surface area contributed by atoms with Crippen LogP contribution in [0.2, 0.25) is 0 Å². The van der Waals surface area contributed by atoms with Crippen molar-refractivity contribution < 1.29 is 29.9 Å².